The number of carbonyl (C=O) groups is 2. The lowest BCUT2D eigenvalue weighted by atomic mass is 10.2. The molecule has 1 aromatic heterocycles. The molecule has 2 aromatic rings. The van der Waals surface area contributed by atoms with Crippen LogP contribution in [0.3, 0.4) is 0 Å². The second-order valence-electron chi connectivity index (χ2n) is 4.94. The lowest BCUT2D eigenvalue weighted by molar-refractivity contribution is 0.0934. The van der Waals surface area contributed by atoms with Crippen LogP contribution >= 0.6 is 0 Å². The van der Waals surface area contributed by atoms with Crippen molar-refractivity contribution in [3.8, 4) is 5.75 Å². The van der Waals surface area contributed by atoms with Crippen LogP contribution in [0.1, 0.15) is 27.4 Å². The number of ether oxygens (including phenoxy) is 1. The van der Waals surface area contributed by atoms with E-state index in [0.29, 0.717) is 29.4 Å². The molecule has 1 aromatic carbocycles. The maximum absolute atomic E-state index is 11.9. The van der Waals surface area contributed by atoms with Gasteiger partial charge >= 0.3 is 6.03 Å². The van der Waals surface area contributed by atoms with E-state index in [2.05, 4.69) is 16.2 Å². The van der Waals surface area contributed by atoms with Gasteiger partial charge in [-0.25, -0.2) is 10.2 Å². The molecule has 0 atom stereocenters. The molecule has 7 heteroatoms. The zero-order valence-corrected chi connectivity index (χ0v) is 13.2. The molecular weight excluding hydrogens is 298 g/mol. The van der Waals surface area contributed by atoms with Gasteiger partial charge in [0.2, 0.25) is 0 Å². The highest BCUT2D eigenvalue weighted by atomic mass is 16.5. The van der Waals surface area contributed by atoms with Crippen LogP contribution in [-0.4, -0.2) is 19.0 Å². The van der Waals surface area contributed by atoms with Gasteiger partial charge in [-0.1, -0.05) is 12.1 Å². The fourth-order valence-corrected chi connectivity index (χ4v) is 2.05. The standard InChI is InChI=1S/C16H19N3O4/c1-10-7-14(11(2)23-10)15(20)18-19-16(21)17-9-12-5-4-6-13(8-12)22-3/h4-8H,9H2,1-3H3,(H,18,20)(H2,17,19,21). The van der Waals surface area contributed by atoms with E-state index < -0.39 is 11.9 Å². The summed E-state index contributed by atoms with van der Waals surface area (Å²) in [6.07, 6.45) is 0. The van der Waals surface area contributed by atoms with Crippen LogP contribution in [0.25, 0.3) is 0 Å². The second kappa shape index (κ2) is 7.35. The number of methoxy groups -OCH3 is 1. The zero-order chi connectivity index (χ0) is 16.8. The summed E-state index contributed by atoms with van der Waals surface area (Å²) in [5.74, 6) is 1.41. The molecule has 7 nitrogen and oxygen atoms in total. The molecule has 0 aliphatic carbocycles. The molecule has 23 heavy (non-hydrogen) atoms. The molecule has 2 rings (SSSR count). The number of benzene rings is 1. The number of hydrogen-bond acceptors (Lipinski definition) is 4. The minimum atomic E-state index is -0.515. The summed E-state index contributed by atoms with van der Waals surface area (Å²) in [5.41, 5.74) is 5.89. The summed E-state index contributed by atoms with van der Waals surface area (Å²) in [7, 11) is 1.58. The van der Waals surface area contributed by atoms with Crippen LogP contribution in [0.5, 0.6) is 5.75 Å². The quantitative estimate of drug-likeness (QED) is 0.753. The van der Waals surface area contributed by atoms with Gasteiger partial charge in [0.05, 0.1) is 12.7 Å². The molecule has 0 fully saturated rings. The molecule has 3 N–H and O–H groups in total. The molecule has 0 bridgehead atoms. The van der Waals surface area contributed by atoms with E-state index in [4.69, 9.17) is 9.15 Å². The monoisotopic (exact) mass is 317 g/mol. The van der Waals surface area contributed by atoms with E-state index in [1.54, 1.807) is 27.0 Å². The Bertz CT molecular complexity index is 709. The predicted octanol–water partition coefficient (Wildman–Crippen LogP) is 2.05. The highest BCUT2D eigenvalue weighted by Gasteiger charge is 2.13. The van der Waals surface area contributed by atoms with E-state index >= 15 is 0 Å². The minimum absolute atomic E-state index is 0.308. The van der Waals surface area contributed by atoms with E-state index in [-0.39, 0.29) is 0 Å². The van der Waals surface area contributed by atoms with Crippen LogP contribution in [0.2, 0.25) is 0 Å². The van der Waals surface area contributed by atoms with E-state index in [1.807, 2.05) is 24.3 Å². The minimum Gasteiger partial charge on any atom is -0.497 e. The Morgan fingerprint density at radius 3 is 2.61 bits per heavy atom. The first-order valence-corrected chi connectivity index (χ1v) is 7.03. The van der Waals surface area contributed by atoms with Gasteiger partial charge in [0.1, 0.15) is 17.3 Å². The first-order chi connectivity index (χ1) is 11.0. The fourth-order valence-electron chi connectivity index (χ4n) is 2.05. The van der Waals surface area contributed by atoms with Crippen molar-refractivity contribution < 1.29 is 18.7 Å². The van der Waals surface area contributed by atoms with Crippen molar-refractivity contribution in [1.82, 2.24) is 16.2 Å². The number of aryl methyl sites for hydroxylation is 2. The Hall–Kier alpha value is -2.96. The van der Waals surface area contributed by atoms with Crippen LogP contribution in [0.4, 0.5) is 4.79 Å². The van der Waals surface area contributed by atoms with Crippen molar-refractivity contribution in [2.24, 2.45) is 0 Å². The summed E-state index contributed by atoms with van der Waals surface area (Å²) in [6, 6.07) is 8.42. The van der Waals surface area contributed by atoms with Gasteiger partial charge in [-0.15, -0.1) is 0 Å². The number of nitrogens with one attached hydrogen (secondary N) is 3. The van der Waals surface area contributed by atoms with Gasteiger partial charge < -0.3 is 14.5 Å². The first-order valence-electron chi connectivity index (χ1n) is 7.03. The molecule has 0 unspecified atom stereocenters. The van der Waals surface area contributed by atoms with E-state index in [0.717, 1.165) is 5.56 Å². The number of rotatable bonds is 4. The Kier molecular flexibility index (Phi) is 5.24. The third-order valence-corrected chi connectivity index (χ3v) is 3.16. The smallest absolute Gasteiger partial charge is 0.333 e. The maximum atomic E-state index is 11.9. The van der Waals surface area contributed by atoms with Crippen LogP contribution in [0.15, 0.2) is 34.7 Å². The molecule has 1 heterocycles. The summed E-state index contributed by atoms with van der Waals surface area (Å²) in [6.45, 7) is 3.74. The van der Waals surface area contributed by atoms with E-state index in [1.165, 1.54) is 0 Å². The molecule has 0 saturated carbocycles. The molecule has 0 aliphatic heterocycles. The normalized spacial score (nSPS) is 10.0. The number of amides is 3. The molecule has 0 radical (unpaired) electrons. The van der Waals surface area contributed by atoms with Crippen molar-refractivity contribution in [2.75, 3.05) is 7.11 Å². The summed E-state index contributed by atoms with van der Waals surface area (Å²) < 4.78 is 10.4. The molecule has 0 aliphatic rings. The van der Waals surface area contributed by atoms with Crippen LogP contribution < -0.4 is 20.9 Å². The third-order valence-electron chi connectivity index (χ3n) is 3.16. The SMILES string of the molecule is COc1cccc(CNC(=O)NNC(=O)c2cc(C)oc2C)c1. The molecule has 3 amide bonds. The maximum Gasteiger partial charge on any atom is 0.333 e. The lowest BCUT2D eigenvalue weighted by Crippen LogP contribution is -2.46. The first kappa shape index (κ1) is 16.4. The largest absolute Gasteiger partial charge is 0.497 e. The molecule has 122 valence electrons. The van der Waals surface area contributed by atoms with Crippen molar-refractivity contribution in [1.29, 1.82) is 0 Å². The van der Waals surface area contributed by atoms with Gasteiger partial charge in [-0.2, -0.15) is 0 Å². The molecule has 0 spiro atoms. The van der Waals surface area contributed by atoms with E-state index in [9.17, 15) is 9.59 Å². The number of hydrogen-bond donors (Lipinski definition) is 3. The van der Waals surface area contributed by atoms with Gasteiger partial charge in [0, 0.05) is 6.54 Å². The summed E-state index contributed by atoms with van der Waals surface area (Å²) in [4.78, 5) is 23.6. The van der Waals surface area contributed by atoms with Gasteiger partial charge in [-0.3, -0.25) is 10.2 Å². The van der Waals surface area contributed by atoms with Gasteiger partial charge in [-0.05, 0) is 37.6 Å². The Morgan fingerprint density at radius 2 is 1.96 bits per heavy atom. The van der Waals surface area contributed by atoms with Crippen molar-refractivity contribution >= 4 is 11.9 Å². The Balaban J connectivity index is 1.81. The average Bonchev–Trinajstić information content (AvgIpc) is 2.89. The summed E-state index contributed by atoms with van der Waals surface area (Å²) >= 11 is 0. The zero-order valence-electron chi connectivity index (χ0n) is 13.2. The summed E-state index contributed by atoms with van der Waals surface area (Å²) in [5, 5.41) is 2.63. The van der Waals surface area contributed by atoms with Crippen LogP contribution in [-0.2, 0) is 6.54 Å². The molecular formula is C16H19N3O4. The van der Waals surface area contributed by atoms with Gasteiger partial charge in [0.15, 0.2) is 0 Å². The Labute approximate surface area is 134 Å². The average molecular weight is 317 g/mol. The Morgan fingerprint density at radius 1 is 1.17 bits per heavy atom. The predicted molar refractivity (Wildman–Crippen MR) is 84.0 cm³/mol. The van der Waals surface area contributed by atoms with Gasteiger partial charge in [0.25, 0.3) is 5.91 Å². The van der Waals surface area contributed by atoms with Crippen molar-refractivity contribution in [2.45, 2.75) is 20.4 Å². The number of furan rings is 1. The van der Waals surface area contributed by atoms with Crippen molar-refractivity contribution in [3.05, 3.63) is 53.0 Å². The topological polar surface area (TPSA) is 92.6 Å². The lowest BCUT2D eigenvalue weighted by Gasteiger charge is -2.09. The molecule has 0 saturated heterocycles. The number of hydrazine groups is 1. The highest BCUT2D eigenvalue weighted by Crippen LogP contribution is 2.13. The highest BCUT2D eigenvalue weighted by molar-refractivity contribution is 5.96. The second-order valence-corrected chi connectivity index (χ2v) is 4.94. The van der Waals surface area contributed by atoms with Crippen molar-refractivity contribution in [3.63, 3.8) is 0 Å². The third kappa shape index (κ3) is 4.50. The van der Waals surface area contributed by atoms with Crippen LogP contribution in [0, 0.1) is 13.8 Å². The number of carbonyl (C=O) groups excluding carboxylic acids is 2. The fraction of sp³-hybridized carbons (Fsp3) is 0.250. The number of urea groups is 1.